The standard InChI is InChI=1S/C16H23NO3/c1-9-7-13-12(8-10(2)19-13)11(3)14(9)17-15(18)20-16(4,5)6/h7,10H,8H2,1-6H3,(H,17,18). The van der Waals surface area contributed by atoms with Gasteiger partial charge in [0.1, 0.15) is 17.5 Å². The third-order valence-electron chi connectivity index (χ3n) is 3.31. The number of anilines is 1. The van der Waals surface area contributed by atoms with Gasteiger partial charge in [-0.1, -0.05) is 0 Å². The fourth-order valence-corrected chi connectivity index (χ4v) is 2.49. The lowest BCUT2D eigenvalue weighted by atomic mass is 9.99. The first-order valence-corrected chi connectivity index (χ1v) is 6.97. The van der Waals surface area contributed by atoms with Gasteiger partial charge in [0.15, 0.2) is 0 Å². The van der Waals surface area contributed by atoms with Gasteiger partial charge in [0, 0.05) is 12.0 Å². The van der Waals surface area contributed by atoms with Crippen LogP contribution in [0, 0.1) is 13.8 Å². The maximum atomic E-state index is 11.9. The Bertz CT molecular complexity index is 544. The largest absolute Gasteiger partial charge is 0.490 e. The molecule has 0 saturated carbocycles. The molecule has 1 amide bonds. The van der Waals surface area contributed by atoms with Crippen molar-refractivity contribution in [3.63, 3.8) is 0 Å². The van der Waals surface area contributed by atoms with Crippen molar-refractivity contribution in [1.82, 2.24) is 0 Å². The van der Waals surface area contributed by atoms with Crippen molar-refractivity contribution in [2.24, 2.45) is 0 Å². The fourth-order valence-electron chi connectivity index (χ4n) is 2.49. The van der Waals surface area contributed by atoms with Crippen molar-refractivity contribution in [1.29, 1.82) is 0 Å². The molecular weight excluding hydrogens is 254 g/mol. The van der Waals surface area contributed by atoms with Crippen molar-refractivity contribution in [3.05, 3.63) is 22.8 Å². The molecule has 1 atom stereocenters. The van der Waals surface area contributed by atoms with Gasteiger partial charge in [-0.15, -0.1) is 0 Å². The normalized spacial score (nSPS) is 17.4. The minimum atomic E-state index is -0.500. The summed E-state index contributed by atoms with van der Waals surface area (Å²) in [7, 11) is 0. The number of hydrogen-bond donors (Lipinski definition) is 1. The molecule has 0 aliphatic carbocycles. The van der Waals surface area contributed by atoms with E-state index in [4.69, 9.17) is 9.47 Å². The number of benzene rings is 1. The van der Waals surface area contributed by atoms with Gasteiger partial charge in [-0.05, 0) is 58.7 Å². The Labute approximate surface area is 120 Å². The van der Waals surface area contributed by atoms with Crippen LogP contribution < -0.4 is 10.1 Å². The lowest BCUT2D eigenvalue weighted by Gasteiger charge is -2.21. The Morgan fingerprint density at radius 3 is 2.65 bits per heavy atom. The minimum absolute atomic E-state index is 0.194. The summed E-state index contributed by atoms with van der Waals surface area (Å²) in [4.78, 5) is 11.9. The SMILES string of the molecule is Cc1cc2c(c(C)c1NC(=O)OC(C)(C)C)CC(C)O2. The summed E-state index contributed by atoms with van der Waals surface area (Å²) in [6, 6.07) is 1.98. The summed E-state index contributed by atoms with van der Waals surface area (Å²) in [5.41, 5.74) is 3.56. The zero-order valence-corrected chi connectivity index (χ0v) is 13.1. The van der Waals surface area contributed by atoms with Gasteiger partial charge < -0.3 is 9.47 Å². The van der Waals surface area contributed by atoms with E-state index >= 15 is 0 Å². The highest BCUT2D eigenvalue weighted by atomic mass is 16.6. The minimum Gasteiger partial charge on any atom is -0.490 e. The highest BCUT2D eigenvalue weighted by molar-refractivity contribution is 5.88. The van der Waals surface area contributed by atoms with Crippen LogP contribution in [0.25, 0.3) is 0 Å². The summed E-state index contributed by atoms with van der Waals surface area (Å²) >= 11 is 0. The van der Waals surface area contributed by atoms with Crippen LogP contribution in [0.5, 0.6) is 5.75 Å². The molecule has 1 aliphatic rings. The van der Waals surface area contributed by atoms with E-state index in [2.05, 4.69) is 12.2 Å². The number of nitrogens with one attached hydrogen (secondary N) is 1. The molecule has 1 aliphatic heterocycles. The maximum Gasteiger partial charge on any atom is 0.412 e. The second-order valence-corrected chi connectivity index (χ2v) is 6.43. The maximum absolute atomic E-state index is 11.9. The van der Waals surface area contributed by atoms with Gasteiger partial charge in [-0.2, -0.15) is 0 Å². The van der Waals surface area contributed by atoms with Gasteiger partial charge >= 0.3 is 6.09 Å². The third kappa shape index (κ3) is 3.06. The van der Waals surface area contributed by atoms with Gasteiger partial charge in [0.2, 0.25) is 0 Å². The lowest BCUT2D eigenvalue weighted by Crippen LogP contribution is -2.27. The first kappa shape index (κ1) is 14.7. The molecule has 0 radical (unpaired) electrons. The Morgan fingerprint density at radius 2 is 2.05 bits per heavy atom. The topological polar surface area (TPSA) is 47.6 Å². The number of carbonyl (C=O) groups is 1. The molecule has 0 spiro atoms. The zero-order valence-electron chi connectivity index (χ0n) is 13.1. The summed E-state index contributed by atoms with van der Waals surface area (Å²) in [6.07, 6.45) is 0.653. The van der Waals surface area contributed by atoms with Crippen LogP contribution in [0.3, 0.4) is 0 Å². The lowest BCUT2D eigenvalue weighted by molar-refractivity contribution is 0.0635. The smallest absolute Gasteiger partial charge is 0.412 e. The number of hydrogen-bond acceptors (Lipinski definition) is 3. The van der Waals surface area contributed by atoms with Crippen molar-refractivity contribution in [2.75, 3.05) is 5.32 Å². The third-order valence-corrected chi connectivity index (χ3v) is 3.31. The summed E-state index contributed by atoms with van der Waals surface area (Å²) < 4.78 is 11.1. The van der Waals surface area contributed by atoms with E-state index < -0.39 is 11.7 Å². The molecule has 4 nitrogen and oxygen atoms in total. The number of amides is 1. The fraction of sp³-hybridized carbons (Fsp3) is 0.562. The number of rotatable bonds is 1. The van der Waals surface area contributed by atoms with Crippen molar-refractivity contribution in [3.8, 4) is 5.75 Å². The summed E-state index contributed by atoms with van der Waals surface area (Å²) in [6.45, 7) is 11.6. The Kier molecular flexibility index (Phi) is 3.67. The molecule has 0 saturated heterocycles. The van der Waals surface area contributed by atoms with Crippen LogP contribution in [0.1, 0.15) is 44.4 Å². The molecule has 1 heterocycles. The molecule has 1 aromatic carbocycles. The average molecular weight is 277 g/mol. The van der Waals surface area contributed by atoms with E-state index in [1.807, 2.05) is 40.7 Å². The first-order chi connectivity index (χ1) is 9.17. The molecule has 2 rings (SSSR count). The van der Waals surface area contributed by atoms with Crippen LogP contribution in [-0.4, -0.2) is 17.8 Å². The molecule has 4 heteroatoms. The average Bonchev–Trinajstić information content (AvgIpc) is 2.62. The number of carbonyl (C=O) groups excluding carboxylic acids is 1. The Hall–Kier alpha value is -1.71. The van der Waals surface area contributed by atoms with Gasteiger partial charge in [0.25, 0.3) is 0 Å². The predicted octanol–water partition coefficient (Wildman–Crippen LogP) is 3.97. The number of fused-ring (bicyclic) bond motifs is 1. The van der Waals surface area contributed by atoms with E-state index in [1.54, 1.807) is 0 Å². The van der Waals surface area contributed by atoms with Crippen molar-refractivity contribution < 1.29 is 14.3 Å². The number of ether oxygens (including phenoxy) is 2. The van der Waals surface area contributed by atoms with Crippen LogP contribution in [0.2, 0.25) is 0 Å². The van der Waals surface area contributed by atoms with E-state index in [9.17, 15) is 4.79 Å². The molecular formula is C16H23NO3. The highest BCUT2D eigenvalue weighted by Gasteiger charge is 2.25. The number of aryl methyl sites for hydroxylation is 1. The zero-order chi connectivity index (χ0) is 15.1. The second kappa shape index (κ2) is 5.00. The Balaban J connectivity index is 2.26. The quantitative estimate of drug-likeness (QED) is 0.844. The van der Waals surface area contributed by atoms with Crippen molar-refractivity contribution >= 4 is 11.8 Å². The molecule has 0 bridgehead atoms. The Morgan fingerprint density at radius 1 is 1.40 bits per heavy atom. The molecule has 1 N–H and O–H groups in total. The first-order valence-electron chi connectivity index (χ1n) is 6.97. The van der Waals surface area contributed by atoms with E-state index in [-0.39, 0.29) is 6.10 Å². The molecule has 20 heavy (non-hydrogen) atoms. The highest BCUT2D eigenvalue weighted by Crippen LogP contribution is 2.37. The van der Waals surface area contributed by atoms with Gasteiger partial charge in [-0.25, -0.2) is 4.79 Å². The molecule has 1 aromatic rings. The molecule has 110 valence electrons. The summed E-state index contributed by atoms with van der Waals surface area (Å²) in [5.74, 6) is 0.933. The van der Waals surface area contributed by atoms with Crippen LogP contribution in [-0.2, 0) is 11.2 Å². The predicted molar refractivity (Wildman–Crippen MR) is 79.6 cm³/mol. The van der Waals surface area contributed by atoms with Gasteiger partial charge in [0.05, 0.1) is 5.69 Å². The van der Waals surface area contributed by atoms with Crippen molar-refractivity contribution in [2.45, 2.75) is 59.7 Å². The van der Waals surface area contributed by atoms with Crippen LogP contribution in [0.4, 0.5) is 10.5 Å². The van der Waals surface area contributed by atoms with E-state index in [0.29, 0.717) is 0 Å². The molecule has 0 aromatic heterocycles. The van der Waals surface area contributed by atoms with Crippen LogP contribution in [0.15, 0.2) is 6.07 Å². The van der Waals surface area contributed by atoms with E-state index in [1.165, 1.54) is 5.56 Å². The molecule has 0 fully saturated rings. The van der Waals surface area contributed by atoms with Gasteiger partial charge in [-0.3, -0.25) is 5.32 Å². The van der Waals surface area contributed by atoms with Crippen LogP contribution >= 0.6 is 0 Å². The second-order valence-electron chi connectivity index (χ2n) is 6.43. The molecule has 1 unspecified atom stereocenters. The summed E-state index contributed by atoms with van der Waals surface area (Å²) in [5, 5.41) is 2.86. The monoisotopic (exact) mass is 277 g/mol. The van der Waals surface area contributed by atoms with E-state index in [0.717, 1.165) is 29.0 Å².